The van der Waals surface area contributed by atoms with E-state index in [1.807, 2.05) is 29.6 Å². The zero-order valence-corrected chi connectivity index (χ0v) is 12.3. The van der Waals surface area contributed by atoms with Crippen molar-refractivity contribution in [2.24, 2.45) is 5.92 Å². The second-order valence-electron chi connectivity index (χ2n) is 5.99. The van der Waals surface area contributed by atoms with E-state index in [-0.39, 0.29) is 12.8 Å². The zero-order chi connectivity index (χ0) is 15.1. The highest BCUT2D eigenvalue weighted by atomic mass is 32.1. The Labute approximate surface area is 125 Å². The molecule has 1 saturated carbocycles. The molecule has 2 unspecified atom stereocenters. The average molecular weight is 314 g/mol. The van der Waals surface area contributed by atoms with Crippen LogP contribution in [-0.4, -0.2) is 16.9 Å². The molecular formula is C16H17F3OS. The molecule has 1 nitrogen and oxygen atoms in total. The van der Waals surface area contributed by atoms with Crippen molar-refractivity contribution in [1.82, 2.24) is 0 Å². The molecule has 1 aliphatic carbocycles. The van der Waals surface area contributed by atoms with Crippen LogP contribution in [0.25, 0.3) is 10.1 Å². The van der Waals surface area contributed by atoms with Crippen LogP contribution in [0.5, 0.6) is 0 Å². The Bertz CT molecular complexity index is 634. The van der Waals surface area contributed by atoms with Crippen LogP contribution in [0.3, 0.4) is 0 Å². The maximum atomic E-state index is 12.9. The van der Waals surface area contributed by atoms with Crippen LogP contribution < -0.4 is 0 Å². The van der Waals surface area contributed by atoms with Gasteiger partial charge in [-0.25, -0.2) is 0 Å². The molecule has 2 aromatic rings. The third kappa shape index (κ3) is 3.09. The first kappa shape index (κ1) is 14.9. The van der Waals surface area contributed by atoms with E-state index in [0.717, 1.165) is 15.6 Å². The first-order valence-electron chi connectivity index (χ1n) is 7.12. The highest BCUT2D eigenvalue weighted by Crippen LogP contribution is 2.43. The Balaban J connectivity index is 1.83. The summed E-state index contributed by atoms with van der Waals surface area (Å²) in [5.74, 6) is -1.37. The van der Waals surface area contributed by atoms with Crippen molar-refractivity contribution in [1.29, 1.82) is 0 Å². The van der Waals surface area contributed by atoms with Crippen LogP contribution in [0.1, 0.15) is 31.2 Å². The number of fused-ring (bicyclic) bond motifs is 1. The van der Waals surface area contributed by atoms with Gasteiger partial charge < -0.3 is 5.11 Å². The summed E-state index contributed by atoms with van der Waals surface area (Å²) in [7, 11) is 0. The number of rotatable bonds is 2. The molecule has 21 heavy (non-hydrogen) atoms. The highest BCUT2D eigenvalue weighted by molar-refractivity contribution is 7.17. The molecule has 5 heteroatoms. The molecule has 1 aromatic heterocycles. The Morgan fingerprint density at radius 1 is 1.29 bits per heavy atom. The Morgan fingerprint density at radius 2 is 2.05 bits per heavy atom. The minimum atomic E-state index is -4.20. The summed E-state index contributed by atoms with van der Waals surface area (Å²) in [6.07, 6.45) is -3.06. The second kappa shape index (κ2) is 5.29. The summed E-state index contributed by atoms with van der Waals surface area (Å²) in [4.78, 5) is 0. The van der Waals surface area contributed by atoms with E-state index in [0.29, 0.717) is 19.3 Å². The van der Waals surface area contributed by atoms with Crippen LogP contribution >= 0.6 is 11.3 Å². The van der Waals surface area contributed by atoms with Crippen LogP contribution in [-0.2, 0) is 6.42 Å². The first-order chi connectivity index (χ1) is 9.87. The van der Waals surface area contributed by atoms with Crippen LogP contribution in [0.4, 0.5) is 13.2 Å². The summed E-state index contributed by atoms with van der Waals surface area (Å²) in [5, 5.41) is 13.6. The molecule has 2 atom stereocenters. The lowest BCUT2D eigenvalue weighted by molar-refractivity contribution is -0.200. The third-order valence-electron chi connectivity index (χ3n) is 4.36. The number of halogens is 3. The smallest absolute Gasteiger partial charge is 0.390 e. The normalized spacial score (nSPS) is 27.1. The lowest BCUT2D eigenvalue weighted by Crippen LogP contribution is -2.41. The largest absolute Gasteiger partial charge is 0.391 e. The van der Waals surface area contributed by atoms with Crippen molar-refractivity contribution in [3.63, 3.8) is 0 Å². The lowest BCUT2D eigenvalue weighted by Gasteiger charge is -2.37. The van der Waals surface area contributed by atoms with Crippen LogP contribution in [0.15, 0.2) is 29.6 Å². The Morgan fingerprint density at radius 3 is 2.81 bits per heavy atom. The van der Waals surface area contributed by atoms with Gasteiger partial charge in [0, 0.05) is 11.1 Å². The molecule has 1 aromatic carbocycles. The second-order valence-corrected chi connectivity index (χ2v) is 6.90. The number of thiophene rings is 1. The molecule has 114 valence electrons. The molecule has 1 N–H and O–H groups in total. The summed E-state index contributed by atoms with van der Waals surface area (Å²) < 4.78 is 39.8. The predicted molar refractivity (Wildman–Crippen MR) is 78.5 cm³/mol. The predicted octanol–water partition coefficient (Wildman–Crippen LogP) is 4.93. The third-order valence-corrected chi connectivity index (χ3v) is 5.38. The molecule has 0 bridgehead atoms. The van der Waals surface area contributed by atoms with E-state index < -0.39 is 17.7 Å². The molecule has 1 heterocycles. The van der Waals surface area contributed by atoms with Crippen LogP contribution in [0.2, 0.25) is 0 Å². The monoisotopic (exact) mass is 314 g/mol. The van der Waals surface area contributed by atoms with Gasteiger partial charge in [0.2, 0.25) is 0 Å². The zero-order valence-electron chi connectivity index (χ0n) is 11.5. The van der Waals surface area contributed by atoms with Gasteiger partial charge in [-0.3, -0.25) is 0 Å². The van der Waals surface area contributed by atoms with E-state index >= 15 is 0 Å². The number of hydrogen-bond acceptors (Lipinski definition) is 2. The maximum absolute atomic E-state index is 12.9. The van der Waals surface area contributed by atoms with E-state index in [1.54, 1.807) is 11.3 Å². The van der Waals surface area contributed by atoms with E-state index in [1.165, 1.54) is 0 Å². The number of benzene rings is 1. The fraction of sp³-hybridized carbons (Fsp3) is 0.500. The van der Waals surface area contributed by atoms with Crippen molar-refractivity contribution in [2.75, 3.05) is 0 Å². The Hall–Kier alpha value is -1.07. The summed E-state index contributed by atoms with van der Waals surface area (Å²) in [6.45, 7) is 0. The van der Waals surface area contributed by atoms with E-state index in [2.05, 4.69) is 0 Å². The molecule has 0 saturated heterocycles. The number of aliphatic hydroxyl groups is 1. The van der Waals surface area contributed by atoms with E-state index in [9.17, 15) is 18.3 Å². The molecule has 0 amide bonds. The lowest BCUT2D eigenvalue weighted by atomic mass is 9.75. The van der Waals surface area contributed by atoms with Gasteiger partial charge in [0.15, 0.2) is 0 Å². The molecule has 0 spiro atoms. The maximum Gasteiger partial charge on any atom is 0.391 e. The quantitative estimate of drug-likeness (QED) is 0.833. The molecule has 0 radical (unpaired) electrons. The van der Waals surface area contributed by atoms with Gasteiger partial charge in [-0.1, -0.05) is 18.2 Å². The van der Waals surface area contributed by atoms with Crippen molar-refractivity contribution in [2.45, 2.75) is 43.9 Å². The van der Waals surface area contributed by atoms with Gasteiger partial charge in [-0.2, -0.15) is 13.2 Å². The van der Waals surface area contributed by atoms with Gasteiger partial charge in [-0.05, 0) is 48.1 Å². The van der Waals surface area contributed by atoms with E-state index in [4.69, 9.17) is 0 Å². The topological polar surface area (TPSA) is 20.2 Å². The Kier molecular flexibility index (Phi) is 3.74. The van der Waals surface area contributed by atoms with Gasteiger partial charge in [-0.15, -0.1) is 11.3 Å². The minimum absolute atomic E-state index is 0.135. The van der Waals surface area contributed by atoms with Crippen LogP contribution in [0, 0.1) is 5.92 Å². The van der Waals surface area contributed by atoms with Gasteiger partial charge in [0.05, 0.1) is 11.5 Å². The summed E-state index contributed by atoms with van der Waals surface area (Å²) in [6, 6.07) is 7.82. The number of hydrogen-bond donors (Lipinski definition) is 1. The van der Waals surface area contributed by atoms with Gasteiger partial charge >= 0.3 is 6.18 Å². The van der Waals surface area contributed by atoms with Crippen molar-refractivity contribution < 1.29 is 18.3 Å². The highest BCUT2D eigenvalue weighted by Gasteiger charge is 2.47. The molecule has 3 rings (SSSR count). The standard InChI is InChI=1S/C16H17F3OS/c17-16(18,19)12-4-3-7-15(20,9-12)8-11-10-21-14-6-2-1-5-13(11)14/h1-2,5-6,10,12,20H,3-4,7-9H2. The fourth-order valence-electron chi connectivity index (χ4n) is 3.30. The molecule has 1 aliphatic rings. The minimum Gasteiger partial charge on any atom is -0.390 e. The summed E-state index contributed by atoms with van der Waals surface area (Å²) >= 11 is 1.57. The average Bonchev–Trinajstić information content (AvgIpc) is 2.81. The SMILES string of the molecule is OC1(Cc2csc3ccccc23)CCCC(C(F)(F)F)C1. The van der Waals surface area contributed by atoms with Crippen molar-refractivity contribution >= 4 is 21.4 Å². The van der Waals surface area contributed by atoms with Gasteiger partial charge in [0.1, 0.15) is 0 Å². The number of alkyl halides is 3. The fourth-order valence-corrected chi connectivity index (χ4v) is 4.27. The molecule has 1 fully saturated rings. The van der Waals surface area contributed by atoms with Crippen molar-refractivity contribution in [3.05, 3.63) is 35.2 Å². The summed E-state index contributed by atoms with van der Waals surface area (Å²) in [5.41, 5.74) is -0.275. The van der Waals surface area contributed by atoms with Gasteiger partial charge in [0.25, 0.3) is 0 Å². The molecule has 0 aliphatic heterocycles. The van der Waals surface area contributed by atoms with Crippen molar-refractivity contribution in [3.8, 4) is 0 Å². The first-order valence-corrected chi connectivity index (χ1v) is 8.00. The molecular weight excluding hydrogens is 297 g/mol.